The van der Waals surface area contributed by atoms with E-state index in [0.29, 0.717) is 6.42 Å². The van der Waals surface area contributed by atoms with Crippen LogP contribution in [0.25, 0.3) is 0 Å². The highest BCUT2D eigenvalue weighted by molar-refractivity contribution is 5.91. The van der Waals surface area contributed by atoms with Crippen molar-refractivity contribution in [3.05, 3.63) is 83.1 Å². The van der Waals surface area contributed by atoms with E-state index in [9.17, 15) is 9.59 Å². The van der Waals surface area contributed by atoms with Crippen LogP contribution in [0.2, 0.25) is 0 Å². The predicted octanol–water partition coefficient (Wildman–Crippen LogP) is 4.27. The largest absolute Gasteiger partial charge is 0.468 e. The fraction of sp³-hybridized carbons (Fsp3) is 0.360. The number of benzene rings is 2. The first-order valence-corrected chi connectivity index (χ1v) is 10.3. The van der Waals surface area contributed by atoms with Gasteiger partial charge in [-0.25, -0.2) is 9.59 Å². The number of esters is 2. The van der Waals surface area contributed by atoms with Gasteiger partial charge < -0.3 is 14.2 Å². The van der Waals surface area contributed by atoms with Gasteiger partial charge in [0.1, 0.15) is 0 Å². The molecule has 4 rings (SSSR count). The maximum Gasteiger partial charge on any atom is 0.373 e. The quantitative estimate of drug-likeness (QED) is 0.694. The summed E-state index contributed by atoms with van der Waals surface area (Å²) in [5, 5.41) is 0. The Morgan fingerprint density at radius 1 is 1.10 bits per heavy atom. The van der Waals surface area contributed by atoms with E-state index in [1.807, 2.05) is 24.3 Å². The lowest BCUT2D eigenvalue weighted by Gasteiger charge is -2.27. The van der Waals surface area contributed by atoms with E-state index in [1.54, 1.807) is 13.0 Å². The van der Waals surface area contributed by atoms with E-state index in [-0.39, 0.29) is 30.1 Å². The Hall–Kier alpha value is -3.08. The molecule has 4 atom stereocenters. The Labute approximate surface area is 176 Å². The Morgan fingerprint density at radius 3 is 2.50 bits per heavy atom. The van der Waals surface area contributed by atoms with Crippen molar-refractivity contribution in [2.45, 2.75) is 37.7 Å². The topological polar surface area (TPSA) is 61.8 Å². The van der Waals surface area contributed by atoms with E-state index in [1.165, 1.54) is 7.11 Å². The predicted molar refractivity (Wildman–Crippen MR) is 112 cm³/mol. The number of methoxy groups -OCH3 is 1. The maximum atomic E-state index is 13.0. The second-order valence-corrected chi connectivity index (χ2v) is 7.92. The Morgan fingerprint density at radius 2 is 1.83 bits per heavy atom. The number of fused-ring (bicyclic) bond motifs is 1. The minimum atomic E-state index is -1.24. The second kappa shape index (κ2) is 7.98. The van der Waals surface area contributed by atoms with Crippen molar-refractivity contribution in [2.24, 2.45) is 5.92 Å². The molecule has 1 heterocycles. The van der Waals surface area contributed by atoms with Crippen LogP contribution in [-0.2, 0) is 23.8 Å². The molecule has 1 fully saturated rings. The van der Waals surface area contributed by atoms with Crippen LogP contribution < -0.4 is 0 Å². The van der Waals surface area contributed by atoms with Crippen LogP contribution in [0.3, 0.4) is 0 Å². The molecule has 5 nitrogen and oxygen atoms in total. The van der Waals surface area contributed by atoms with Gasteiger partial charge in [0.2, 0.25) is 11.4 Å². The summed E-state index contributed by atoms with van der Waals surface area (Å²) in [6.07, 6.45) is 2.19. The number of carbonyl (C=O) groups excluding carboxylic acids is 2. The molecule has 0 spiro atoms. The normalized spacial score (nSPS) is 27.0. The van der Waals surface area contributed by atoms with E-state index in [4.69, 9.17) is 14.2 Å². The van der Waals surface area contributed by atoms with Gasteiger partial charge in [-0.15, -0.1) is 0 Å². The minimum Gasteiger partial charge on any atom is -0.468 e. The monoisotopic (exact) mass is 406 g/mol. The Balaban J connectivity index is 1.85. The third-order valence-electron chi connectivity index (χ3n) is 6.17. The highest BCUT2D eigenvalue weighted by Crippen LogP contribution is 2.60. The van der Waals surface area contributed by atoms with Gasteiger partial charge in [0.15, 0.2) is 0 Å². The van der Waals surface area contributed by atoms with E-state index in [2.05, 4.69) is 37.3 Å². The van der Waals surface area contributed by atoms with E-state index >= 15 is 0 Å². The fourth-order valence-electron chi connectivity index (χ4n) is 4.96. The van der Waals surface area contributed by atoms with E-state index in [0.717, 1.165) is 16.7 Å². The molecule has 0 saturated heterocycles. The van der Waals surface area contributed by atoms with Gasteiger partial charge in [0.25, 0.3) is 0 Å². The van der Waals surface area contributed by atoms with Crippen LogP contribution >= 0.6 is 0 Å². The van der Waals surface area contributed by atoms with Gasteiger partial charge in [-0.3, -0.25) is 0 Å². The van der Waals surface area contributed by atoms with Crippen LogP contribution in [0, 0.1) is 12.8 Å². The zero-order chi connectivity index (χ0) is 21.3. The van der Waals surface area contributed by atoms with Gasteiger partial charge >= 0.3 is 11.9 Å². The molecule has 2 aromatic carbocycles. The summed E-state index contributed by atoms with van der Waals surface area (Å²) in [5.74, 6) is -1.25. The molecule has 30 heavy (non-hydrogen) atoms. The summed E-state index contributed by atoms with van der Waals surface area (Å²) in [7, 11) is 1.36. The molecule has 1 aliphatic carbocycles. The van der Waals surface area contributed by atoms with Crippen molar-refractivity contribution in [1.29, 1.82) is 0 Å². The summed E-state index contributed by atoms with van der Waals surface area (Å²) in [6, 6.07) is 18.4. The number of hydrogen-bond donors (Lipinski definition) is 0. The molecule has 2 aliphatic rings. The van der Waals surface area contributed by atoms with Crippen LogP contribution in [0.4, 0.5) is 0 Å². The first kappa shape index (κ1) is 20.2. The number of rotatable bonds is 5. The van der Waals surface area contributed by atoms with Gasteiger partial charge in [0, 0.05) is 18.3 Å². The summed E-state index contributed by atoms with van der Waals surface area (Å²) in [4.78, 5) is 25.4. The fourth-order valence-corrected chi connectivity index (χ4v) is 4.96. The van der Waals surface area contributed by atoms with Crippen molar-refractivity contribution >= 4 is 11.9 Å². The smallest absolute Gasteiger partial charge is 0.373 e. The molecule has 0 N–H and O–H groups in total. The highest BCUT2D eigenvalue weighted by Gasteiger charge is 2.64. The van der Waals surface area contributed by atoms with Gasteiger partial charge in [-0.1, -0.05) is 60.2 Å². The average Bonchev–Trinajstić information content (AvgIpc) is 3.28. The molecule has 2 aromatic rings. The number of aryl methyl sites for hydroxylation is 1. The Kier molecular flexibility index (Phi) is 5.37. The number of ether oxygens (including phenoxy) is 3. The molecule has 1 aliphatic heterocycles. The molecule has 156 valence electrons. The third-order valence-corrected chi connectivity index (χ3v) is 6.17. The summed E-state index contributed by atoms with van der Waals surface area (Å²) < 4.78 is 16.4. The molecule has 0 bridgehead atoms. The molecule has 0 amide bonds. The number of carbonyl (C=O) groups is 2. The van der Waals surface area contributed by atoms with Crippen LogP contribution in [0.1, 0.15) is 41.9 Å². The van der Waals surface area contributed by atoms with Gasteiger partial charge in [-0.05, 0) is 37.0 Å². The van der Waals surface area contributed by atoms with Gasteiger partial charge in [0.05, 0.1) is 13.7 Å². The molecule has 1 saturated carbocycles. The third kappa shape index (κ3) is 3.28. The van der Waals surface area contributed by atoms with Crippen molar-refractivity contribution in [1.82, 2.24) is 0 Å². The molecule has 1 unspecified atom stereocenters. The molecule has 0 aromatic heterocycles. The van der Waals surface area contributed by atoms with Crippen molar-refractivity contribution in [3.63, 3.8) is 0 Å². The van der Waals surface area contributed by atoms with Crippen molar-refractivity contribution < 1.29 is 23.8 Å². The summed E-state index contributed by atoms with van der Waals surface area (Å²) >= 11 is 0. The average molecular weight is 406 g/mol. The van der Waals surface area contributed by atoms with Crippen molar-refractivity contribution in [2.75, 3.05) is 13.7 Å². The molecule has 5 heteroatoms. The zero-order valence-corrected chi connectivity index (χ0v) is 17.5. The second-order valence-electron chi connectivity index (χ2n) is 7.92. The lowest BCUT2D eigenvalue weighted by molar-refractivity contribution is -0.167. The minimum absolute atomic E-state index is 0.0383. The first-order valence-electron chi connectivity index (χ1n) is 10.3. The Bertz CT molecular complexity index is 980. The van der Waals surface area contributed by atoms with Crippen LogP contribution in [0.15, 0.2) is 66.4 Å². The van der Waals surface area contributed by atoms with Crippen LogP contribution in [-0.4, -0.2) is 31.3 Å². The maximum absolute atomic E-state index is 13.0. The summed E-state index contributed by atoms with van der Waals surface area (Å²) in [6.45, 7) is 4.04. The first-order chi connectivity index (χ1) is 14.5. The highest BCUT2D eigenvalue weighted by atomic mass is 16.6. The van der Waals surface area contributed by atoms with E-state index < -0.39 is 17.5 Å². The van der Waals surface area contributed by atoms with Crippen LogP contribution in [0.5, 0.6) is 0 Å². The summed E-state index contributed by atoms with van der Waals surface area (Å²) in [5.41, 5.74) is 2.17. The number of hydrogen-bond acceptors (Lipinski definition) is 5. The standard InChI is InChI=1S/C25H26O5/c1-4-29-23(26)21-14-20-22(17-10-6-5-7-11-17)19(18-12-8-9-16(2)13-18)15-25(20,30-21)24(27)28-3/h5-14,19-20,22H,4,15H2,1-3H3/t19-,20?,22-,25-/m1/s1. The molecule has 0 radical (unpaired) electrons. The van der Waals surface area contributed by atoms with Crippen molar-refractivity contribution in [3.8, 4) is 0 Å². The molecular weight excluding hydrogens is 380 g/mol. The lowest BCUT2D eigenvalue weighted by Crippen LogP contribution is -2.43. The zero-order valence-electron chi connectivity index (χ0n) is 17.5. The van der Waals surface area contributed by atoms with Gasteiger partial charge in [-0.2, -0.15) is 0 Å². The lowest BCUT2D eigenvalue weighted by atomic mass is 9.78. The molecular formula is C25H26O5. The SMILES string of the molecule is CCOC(=O)C1=CC2[C@H](c3ccccc3)[C@@H](c3cccc(C)c3)C[C@@]2(C(=O)OC)O1.